The summed E-state index contributed by atoms with van der Waals surface area (Å²) in [5, 5.41) is 8.13. The van der Waals surface area contributed by atoms with Crippen LogP contribution < -0.4 is 5.32 Å². The monoisotopic (exact) mass is 321 g/mol. The molecule has 5 heteroatoms. The van der Waals surface area contributed by atoms with Gasteiger partial charge in [-0.3, -0.25) is 0 Å². The predicted molar refractivity (Wildman–Crippen MR) is 90.6 cm³/mol. The lowest BCUT2D eigenvalue weighted by Crippen LogP contribution is -2.29. The van der Waals surface area contributed by atoms with Gasteiger partial charge in [-0.05, 0) is 26.2 Å². The van der Waals surface area contributed by atoms with Crippen LogP contribution in [0, 0.1) is 6.92 Å². The summed E-state index contributed by atoms with van der Waals surface area (Å²) in [5.41, 5.74) is 2.48. The van der Waals surface area contributed by atoms with E-state index in [-0.39, 0.29) is 0 Å². The van der Waals surface area contributed by atoms with Crippen molar-refractivity contribution in [3.8, 4) is 0 Å². The first-order valence-corrected chi connectivity index (χ1v) is 9.44. The van der Waals surface area contributed by atoms with Gasteiger partial charge in [-0.15, -0.1) is 22.7 Å². The van der Waals surface area contributed by atoms with Gasteiger partial charge in [0.15, 0.2) is 0 Å². The zero-order valence-corrected chi connectivity index (χ0v) is 14.6. The van der Waals surface area contributed by atoms with Gasteiger partial charge in [0.1, 0.15) is 0 Å². The highest BCUT2D eigenvalue weighted by atomic mass is 32.1. The lowest BCUT2D eigenvalue weighted by atomic mass is 9.91. The average molecular weight is 322 g/mol. The smallest absolute Gasteiger partial charge is 0.0999 e. The Morgan fingerprint density at radius 1 is 1.33 bits per heavy atom. The molecule has 3 nitrogen and oxygen atoms in total. The Morgan fingerprint density at radius 3 is 2.90 bits per heavy atom. The lowest BCUT2D eigenvalue weighted by molar-refractivity contribution is 0.474. The Bertz CT molecular complexity index is 600. The highest BCUT2D eigenvalue weighted by molar-refractivity contribution is 7.12. The minimum atomic E-state index is 0.548. The molecule has 2 heterocycles. The minimum absolute atomic E-state index is 0.548. The molecule has 3 rings (SSSR count). The second-order valence-electron chi connectivity index (χ2n) is 6.13. The molecule has 1 aliphatic carbocycles. The van der Waals surface area contributed by atoms with Gasteiger partial charge in [0.05, 0.1) is 22.1 Å². The first-order valence-electron chi connectivity index (χ1n) is 7.74. The molecule has 114 valence electrons. The fourth-order valence-electron chi connectivity index (χ4n) is 2.82. The first kappa shape index (κ1) is 15.1. The van der Waals surface area contributed by atoms with E-state index >= 15 is 0 Å². The van der Waals surface area contributed by atoms with Crippen molar-refractivity contribution in [3.05, 3.63) is 31.7 Å². The molecule has 0 spiro atoms. The molecule has 0 radical (unpaired) electrons. The van der Waals surface area contributed by atoms with E-state index in [0.717, 1.165) is 18.7 Å². The number of nitrogens with one attached hydrogen (secondary N) is 1. The molecule has 0 aliphatic heterocycles. The van der Waals surface area contributed by atoms with Gasteiger partial charge in [0.25, 0.3) is 0 Å². The number of fused-ring (bicyclic) bond motifs is 1. The van der Waals surface area contributed by atoms with Gasteiger partial charge >= 0.3 is 0 Å². The number of nitrogens with zero attached hydrogens (tertiary/aromatic N) is 2. The standard InChI is InChI=1S/C16H23N3S2/c1-10(2)17-8-12-5-4-6-13-16(12)19-15(21-13)7-14-18-11(3)9-20-14/h9-10,12,17H,4-8H2,1-3H3. The molecule has 0 fully saturated rings. The highest BCUT2D eigenvalue weighted by Crippen LogP contribution is 2.35. The van der Waals surface area contributed by atoms with Crippen LogP contribution >= 0.6 is 22.7 Å². The van der Waals surface area contributed by atoms with Crippen LogP contribution in [-0.2, 0) is 12.8 Å². The lowest BCUT2D eigenvalue weighted by Gasteiger charge is -2.22. The maximum Gasteiger partial charge on any atom is 0.0999 e. The number of thiazole rings is 2. The van der Waals surface area contributed by atoms with Crippen LogP contribution in [0.5, 0.6) is 0 Å². The van der Waals surface area contributed by atoms with E-state index in [2.05, 4.69) is 36.5 Å². The molecule has 0 bridgehead atoms. The van der Waals surface area contributed by atoms with Gasteiger partial charge < -0.3 is 5.32 Å². The van der Waals surface area contributed by atoms with Crippen LogP contribution in [0.4, 0.5) is 0 Å². The van der Waals surface area contributed by atoms with Gasteiger partial charge in [0.2, 0.25) is 0 Å². The van der Waals surface area contributed by atoms with Crippen molar-refractivity contribution in [3.63, 3.8) is 0 Å². The Morgan fingerprint density at radius 2 is 2.19 bits per heavy atom. The first-order chi connectivity index (χ1) is 10.1. The van der Waals surface area contributed by atoms with Crippen molar-refractivity contribution in [1.29, 1.82) is 0 Å². The predicted octanol–water partition coefficient (Wildman–Crippen LogP) is 3.92. The molecule has 0 saturated carbocycles. The summed E-state index contributed by atoms with van der Waals surface area (Å²) in [7, 11) is 0. The van der Waals surface area contributed by atoms with Crippen LogP contribution in [0.2, 0.25) is 0 Å². The molecule has 2 aromatic heterocycles. The molecule has 1 aliphatic rings. The molecule has 2 aromatic rings. The SMILES string of the molecule is Cc1csc(Cc2nc3c(s2)CCCC3CNC(C)C)n1. The fraction of sp³-hybridized carbons (Fsp3) is 0.625. The normalized spacial score (nSPS) is 18.2. The maximum absolute atomic E-state index is 4.96. The Kier molecular flexibility index (Phi) is 4.72. The van der Waals surface area contributed by atoms with Crippen molar-refractivity contribution in [2.75, 3.05) is 6.54 Å². The molecule has 1 atom stereocenters. The molecule has 1 unspecified atom stereocenters. The Labute approximate surface area is 134 Å². The number of hydrogen-bond acceptors (Lipinski definition) is 5. The summed E-state index contributed by atoms with van der Waals surface area (Å²) in [6, 6.07) is 0.548. The summed E-state index contributed by atoms with van der Waals surface area (Å²) < 4.78 is 0. The largest absolute Gasteiger partial charge is 0.314 e. The van der Waals surface area contributed by atoms with E-state index < -0.39 is 0 Å². The number of aryl methyl sites for hydroxylation is 2. The molecule has 0 amide bonds. The highest BCUT2D eigenvalue weighted by Gasteiger charge is 2.24. The zero-order chi connectivity index (χ0) is 14.8. The third-order valence-electron chi connectivity index (χ3n) is 3.86. The summed E-state index contributed by atoms with van der Waals surface area (Å²) in [5.74, 6) is 0.596. The van der Waals surface area contributed by atoms with E-state index in [1.165, 1.54) is 39.8 Å². The van der Waals surface area contributed by atoms with Crippen molar-refractivity contribution in [2.24, 2.45) is 0 Å². The van der Waals surface area contributed by atoms with Crippen molar-refractivity contribution in [2.45, 2.75) is 58.4 Å². The zero-order valence-electron chi connectivity index (χ0n) is 13.0. The van der Waals surface area contributed by atoms with Crippen LogP contribution in [0.1, 0.15) is 58.9 Å². The van der Waals surface area contributed by atoms with Crippen LogP contribution in [0.3, 0.4) is 0 Å². The molecule has 21 heavy (non-hydrogen) atoms. The van der Waals surface area contributed by atoms with Gasteiger partial charge in [-0.25, -0.2) is 9.97 Å². The summed E-state index contributed by atoms with van der Waals surface area (Å²) >= 11 is 3.65. The molecule has 0 aromatic carbocycles. The molecular weight excluding hydrogens is 298 g/mol. The topological polar surface area (TPSA) is 37.8 Å². The summed E-state index contributed by atoms with van der Waals surface area (Å²) in [6.07, 6.45) is 4.68. The second-order valence-corrected chi connectivity index (χ2v) is 8.24. The Balaban J connectivity index is 1.74. The van der Waals surface area contributed by atoms with Crippen LogP contribution in [0.25, 0.3) is 0 Å². The van der Waals surface area contributed by atoms with Gasteiger partial charge in [0, 0.05) is 34.5 Å². The molecular formula is C16H23N3S2. The van der Waals surface area contributed by atoms with E-state index in [9.17, 15) is 0 Å². The average Bonchev–Trinajstić information content (AvgIpc) is 3.02. The number of aromatic nitrogens is 2. The number of hydrogen-bond donors (Lipinski definition) is 1. The summed E-state index contributed by atoms with van der Waals surface area (Å²) in [4.78, 5) is 11.0. The number of rotatable bonds is 5. The Hall–Kier alpha value is -0.780. The van der Waals surface area contributed by atoms with Crippen LogP contribution in [0.15, 0.2) is 5.38 Å². The quantitative estimate of drug-likeness (QED) is 0.907. The van der Waals surface area contributed by atoms with E-state index in [4.69, 9.17) is 4.98 Å². The van der Waals surface area contributed by atoms with Crippen molar-refractivity contribution < 1.29 is 0 Å². The van der Waals surface area contributed by atoms with Gasteiger partial charge in [-0.2, -0.15) is 0 Å². The summed E-state index contributed by atoms with van der Waals surface area (Å²) in [6.45, 7) is 7.53. The van der Waals surface area contributed by atoms with Gasteiger partial charge in [-0.1, -0.05) is 13.8 Å². The van der Waals surface area contributed by atoms with E-state index in [1.807, 2.05) is 11.3 Å². The third kappa shape index (κ3) is 3.71. The van der Waals surface area contributed by atoms with E-state index in [1.54, 1.807) is 11.3 Å². The van der Waals surface area contributed by atoms with Crippen LogP contribution in [-0.4, -0.2) is 22.6 Å². The third-order valence-corrected chi connectivity index (χ3v) is 5.95. The van der Waals surface area contributed by atoms with Crippen molar-refractivity contribution >= 4 is 22.7 Å². The minimum Gasteiger partial charge on any atom is -0.314 e. The maximum atomic E-state index is 4.96. The fourth-order valence-corrected chi connectivity index (χ4v) is 4.89. The molecule has 1 N–H and O–H groups in total. The second kappa shape index (κ2) is 6.55. The molecule has 0 saturated heterocycles. The van der Waals surface area contributed by atoms with Crippen molar-refractivity contribution in [1.82, 2.24) is 15.3 Å². The van der Waals surface area contributed by atoms with E-state index in [0.29, 0.717) is 12.0 Å².